The first-order chi connectivity index (χ1) is 12.2. The molecule has 0 saturated heterocycles. The van der Waals surface area contributed by atoms with Gasteiger partial charge in [0, 0.05) is 27.8 Å². The zero-order chi connectivity index (χ0) is 17.6. The smallest absolute Gasteiger partial charge is 0.234 e. The minimum atomic E-state index is -0.0699. The number of benzene rings is 1. The summed E-state index contributed by atoms with van der Waals surface area (Å²) in [6.45, 7) is 0. The summed E-state index contributed by atoms with van der Waals surface area (Å²) in [5, 5.41) is 10.5. The number of hydrogen-bond acceptors (Lipinski definition) is 6. The Hall–Kier alpha value is -1.54. The Labute approximate surface area is 163 Å². The highest BCUT2D eigenvalue weighted by atomic mass is 35.5. The minimum absolute atomic E-state index is 0.0699. The normalized spacial score (nSPS) is 10.6. The van der Waals surface area contributed by atoms with Crippen LogP contribution in [0.3, 0.4) is 0 Å². The van der Waals surface area contributed by atoms with E-state index in [9.17, 15) is 4.79 Å². The molecule has 0 aliphatic rings. The van der Waals surface area contributed by atoms with Gasteiger partial charge in [-0.05, 0) is 29.6 Å². The average molecular weight is 411 g/mol. The third kappa shape index (κ3) is 4.98. The first-order valence-electron chi connectivity index (χ1n) is 7.34. The molecule has 130 valence electrons. The number of halogens is 1. The fourth-order valence-corrected chi connectivity index (χ4v) is 4.69. The number of aromatic nitrogens is 1. The fourth-order valence-electron chi connectivity index (χ4n) is 2.08. The number of thiophene rings is 1. The topological polar surface area (TPSA) is 51.2 Å². The number of rotatable bonds is 7. The number of hydrogen-bond donors (Lipinski definition) is 1. The van der Waals surface area contributed by atoms with Crippen molar-refractivity contribution in [3.63, 3.8) is 0 Å². The van der Waals surface area contributed by atoms with E-state index in [0.29, 0.717) is 28.0 Å². The Morgan fingerprint density at radius 3 is 2.96 bits per heavy atom. The van der Waals surface area contributed by atoms with Crippen molar-refractivity contribution in [2.75, 3.05) is 18.2 Å². The Morgan fingerprint density at radius 2 is 2.24 bits per heavy atom. The molecule has 0 aliphatic heterocycles. The molecule has 0 unspecified atom stereocenters. The Kier molecular flexibility index (Phi) is 6.36. The predicted molar refractivity (Wildman–Crippen MR) is 108 cm³/mol. The van der Waals surface area contributed by atoms with Crippen LogP contribution in [-0.4, -0.2) is 23.8 Å². The van der Waals surface area contributed by atoms with Crippen LogP contribution in [-0.2, 0) is 10.5 Å². The second kappa shape index (κ2) is 8.71. The molecule has 1 aromatic carbocycles. The van der Waals surface area contributed by atoms with E-state index in [1.54, 1.807) is 48.0 Å². The van der Waals surface area contributed by atoms with Gasteiger partial charge in [0.1, 0.15) is 10.8 Å². The molecule has 0 atom stereocenters. The van der Waals surface area contributed by atoms with Gasteiger partial charge in [-0.15, -0.1) is 23.1 Å². The molecule has 2 aromatic heterocycles. The number of thiazole rings is 1. The van der Waals surface area contributed by atoms with Gasteiger partial charge in [-0.1, -0.05) is 11.6 Å². The highest BCUT2D eigenvalue weighted by Crippen LogP contribution is 2.28. The maximum absolute atomic E-state index is 12.0. The van der Waals surface area contributed by atoms with Crippen molar-refractivity contribution in [3.05, 3.63) is 51.1 Å². The molecule has 8 heteroatoms. The molecule has 0 fully saturated rings. The molecule has 0 spiro atoms. The summed E-state index contributed by atoms with van der Waals surface area (Å²) in [6, 6.07) is 7.23. The number of nitrogens with one attached hydrogen (secondary N) is 1. The van der Waals surface area contributed by atoms with E-state index < -0.39 is 0 Å². The van der Waals surface area contributed by atoms with Gasteiger partial charge in [0.25, 0.3) is 0 Å². The van der Waals surface area contributed by atoms with Crippen LogP contribution in [0.15, 0.2) is 40.4 Å². The quantitative estimate of drug-likeness (QED) is 0.566. The van der Waals surface area contributed by atoms with Gasteiger partial charge in [0.15, 0.2) is 0 Å². The monoisotopic (exact) mass is 410 g/mol. The summed E-state index contributed by atoms with van der Waals surface area (Å²) in [4.78, 5) is 16.6. The molecular weight excluding hydrogens is 396 g/mol. The lowest BCUT2D eigenvalue weighted by atomic mass is 10.3. The van der Waals surface area contributed by atoms with Crippen molar-refractivity contribution in [3.8, 4) is 16.3 Å². The minimum Gasteiger partial charge on any atom is -0.495 e. The summed E-state index contributed by atoms with van der Waals surface area (Å²) in [7, 11) is 1.55. The molecule has 0 bridgehead atoms. The Balaban J connectivity index is 1.47. The van der Waals surface area contributed by atoms with Crippen LogP contribution in [0.25, 0.3) is 10.6 Å². The molecular formula is C17H15ClN2O2S3. The molecule has 25 heavy (non-hydrogen) atoms. The van der Waals surface area contributed by atoms with E-state index in [4.69, 9.17) is 16.3 Å². The molecule has 1 amide bonds. The zero-order valence-electron chi connectivity index (χ0n) is 13.3. The van der Waals surface area contributed by atoms with Crippen LogP contribution < -0.4 is 10.1 Å². The highest BCUT2D eigenvalue weighted by Gasteiger charge is 2.08. The van der Waals surface area contributed by atoms with Crippen LogP contribution in [0, 0.1) is 0 Å². The zero-order valence-corrected chi connectivity index (χ0v) is 16.5. The maximum atomic E-state index is 12.0. The Bertz CT molecular complexity index is 849. The molecule has 0 radical (unpaired) electrons. The first-order valence-corrected chi connectivity index (χ1v) is 10.7. The molecule has 0 saturated carbocycles. The van der Waals surface area contributed by atoms with Crippen LogP contribution in [0.1, 0.15) is 5.69 Å². The lowest BCUT2D eigenvalue weighted by Crippen LogP contribution is -2.14. The molecule has 0 aliphatic carbocycles. The van der Waals surface area contributed by atoms with Gasteiger partial charge in [-0.25, -0.2) is 4.98 Å². The van der Waals surface area contributed by atoms with Crippen molar-refractivity contribution in [2.45, 2.75) is 5.75 Å². The number of anilines is 1. The van der Waals surface area contributed by atoms with Crippen molar-refractivity contribution in [2.24, 2.45) is 0 Å². The van der Waals surface area contributed by atoms with Crippen molar-refractivity contribution in [1.29, 1.82) is 0 Å². The molecule has 1 N–H and O–H groups in total. The van der Waals surface area contributed by atoms with Crippen molar-refractivity contribution in [1.82, 2.24) is 4.98 Å². The number of methoxy groups -OCH3 is 1. The van der Waals surface area contributed by atoms with Gasteiger partial charge in [-0.2, -0.15) is 11.3 Å². The van der Waals surface area contributed by atoms with Gasteiger partial charge < -0.3 is 10.1 Å². The van der Waals surface area contributed by atoms with Crippen LogP contribution >= 0.6 is 46.0 Å². The fraction of sp³-hybridized carbons (Fsp3) is 0.176. The maximum Gasteiger partial charge on any atom is 0.234 e. The van der Waals surface area contributed by atoms with Crippen LogP contribution in [0.2, 0.25) is 5.02 Å². The lowest BCUT2D eigenvalue weighted by molar-refractivity contribution is -0.113. The first kappa shape index (κ1) is 18.3. The van der Waals surface area contributed by atoms with E-state index in [-0.39, 0.29) is 5.91 Å². The van der Waals surface area contributed by atoms with E-state index >= 15 is 0 Å². The Morgan fingerprint density at radius 1 is 1.36 bits per heavy atom. The lowest BCUT2D eigenvalue weighted by Gasteiger charge is -2.07. The molecule has 4 nitrogen and oxygen atoms in total. The number of thioether (sulfide) groups is 1. The van der Waals surface area contributed by atoms with E-state index in [1.165, 1.54) is 11.8 Å². The second-order valence-corrected chi connectivity index (χ2v) is 8.08. The van der Waals surface area contributed by atoms with Gasteiger partial charge in [-0.3, -0.25) is 4.79 Å². The van der Waals surface area contributed by atoms with Crippen molar-refractivity contribution < 1.29 is 9.53 Å². The summed E-state index contributed by atoms with van der Waals surface area (Å²) in [6.07, 6.45) is 0. The average Bonchev–Trinajstić information content (AvgIpc) is 3.26. The van der Waals surface area contributed by atoms with Gasteiger partial charge in [0.2, 0.25) is 5.91 Å². The summed E-state index contributed by atoms with van der Waals surface area (Å²) >= 11 is 10.9. The highest BCUT2D eigenvalue weighted by molar-refractivity contribution is 7.99. The summed E-state index contributed by atoms with van der Waals surface area (Å²) in [5.41, 5.74) is 2.81. The van der Waals surface area contributed by atoms with E-state index in [2.05, 4.69) is 21.7 Å². The predicted octanol–water partition coefficient (Wildman–Crippen LogP) is 5.41. The summed E-state index contributed by atoms with van der Waals surface area (Å²) in [5.74, 6) is 1.57. The SMILES string of the molecule is COc1ccc(NC(=O)CSCc2csc(-c3ccsc3)n2)cc1Cl. The molecule has 2 heterocycles. The van der Waals surface area contributed by atoms with Crippen LogP contribution in [0.4, 0.5) is 5.69 Å². The van der Waals surface area contributed by atoms with Gasteiger partial charge >= 0.3 is 0 Å². The third-order valence-corrected chi connectivity index (χ3v) is 6.12. The van der Waals surface area contributed by atoms with E-state index in [0.717, 1.165) is 16.3 Å². The van der Waals surface area contributed by atoms with E-state index in [1.807, 2.05) is 10.8 Å². The number of carbonyl (C=O) groups excluding carboxylic acids is 1. The largest absolute Gasteiger partial charge is 0.495 e. The number of carbonyl (C=O) groups is 1. The second-order valence-electron chi connectivity index (χ2n) is 5.05. The molecule has 3 rings (SSSR count). The number of ether oxygens (including phenoxy) is 1. The number of nitrogens with zero attached hydrogens (tertiary/aromatic N) is 1. The molecule has 3 aromatic rings. The van der Waals surface area contributed by atoms with Crippen LogP contribution in [0.5, 0.6) is 5.75 Å². The third-order valence-electron chi connectivity index (χ3n) is 3.24. The van der Waals surface area contributed by atoms with Gasteiger partial charge in [0.05, 0.1) is 23.6 Å². The van der Waals surface area contributed by atoms with Crippen molar-refractivity contribution >= 4 is 57.6 Å². The standard InChI is InChI=1S/C17H15ClN2O2S3/c1-22-15-3-2-12(6-14(15)18)19-16(21)10-24-8-13-9-25-17(20-13)11-4-5-23-7-11/h2-7,9H,8,10H2,1H3,(H,19,21). The number of amides is 1. The summed E-state index contributed by atoms with van der Waals surface area (Å²) < 4.78 is 5.09.